The Hall–Kier alpha value is -5.74. The molecular weight excluding hydrogens is 516 g/mol. The van der Waals surface area contributed by atoms with Gasteiger partial charge in [0.25, 0.3) is 0 Å². The normalized spacial score (nSPS) is 11.8. The Morgan fingerprint density at radius 3 is 2.12 bits per heavy atom. The van der Waals surface area contributed by atoms with E-state index < -0.39 is 0 Å². The van der Waals surface area contributed by atoms with Crippen LogP contribution in [0.15, 0.2) is 142 Å². The minimum absolute atomic E-state index is 0.546. The summed E-state index contributed by atoms with van der Waals surface area (Å²) in [6.45, 7) is 0. The molecule has 4 heteroatoms. The molecule has 0 aliphatic heterocycles. The van der Waals surface area contributed by atoms with Crippen LogP contribution in [-0.2, 0) is 0 Å². The maximum Gasteiger partial charge on any atom is 0.246 e. The predicted molar refractivity (Wildman–Crippen MR) is 170 cm³/mol. The van der Waals surface area contributed by atoms with E-state index in [0.29, 0.717) is 5.71 Å². The van der Waals surface area contributed by atoms with Crippen molar-refractivity contribution in [3.05, 3.63) is 134 Å². The molecule has 0 radical (unpaired) electrons. The van der Waals surface area contributed by atoms with Crippen LogP contribution < -0.4 is 0 Å². The molecule has 0 aliphatic carbocycles. The summed E-state index contributed by atoms with van der Waals surface area (Å²) < 4.78 is 12.5. The summed E-state index contributed by atoms with van der Waals surface area (Å²) in [6.07, 6.45) is 1.84. The summed E-state index contributed by atoms with van der Waals surface area (Å²) in [5, 5.41) is 5.55. The molecule has 0 spiro atoms. The fourth-order valence-electron chi connectivity index (χ4n) is 6.14. The molecular formula is C38H22N2O2. The molecule has 0 unspecified atom stereocenters. The van der Waals surface area contributed by atoms with Crippen molar-refractivity contribution in [2.45, 2.75) is 0 Å². The zero-order chi connectivity index (χ0) is 27.6. The van der Waals surface area contributed by atoms with E-state index in [-0.39, 0.29) is 0 Å². The van der Waals surface area contributed by atoms with Crippen LogP contribution in [0.1, 0.15) is 0 Å². The summed E-state index contributed by atoms with van der Waals surface area (Å²) >= 11 is 0. The van der Waals surface area contributed by atoms with Gasteiger partial charge >= 0.3 is 0 Å². The second-order valence-electron chi connectivity index (χ2n) is 10.6. The van der Waals surface area contributed by atoms with Crippen molar-refractivity contribution in [2.75, 3.05) is 0 Å². The predicted octanol–water partition coefficient (Wildman–Crippen LogP) is 10.4. The third-order valence-corrected chi connectivity index (χ3v) is 8.14. The third-order valence-electron chi connectivity index (χ3n) is 8.14. The van der Waals surface area contributed by atoms with E-state index in [1.54, 1.807) is 0 Å². The van der Waals surface area contributed by atoms with Crippen LogP contribution in [0.25, 0.3) is 88.4 Å². The molecule has 0 atom stereocenters. The summed E-state index contributed by atoms with van der Waals surface area (Å²) in [4.78, 5) is 9.73. The molecule has 0 amide bonds. The first-order valence-corrected chi connectivity index (χ1v) is 14.0. The first-order valence-electron chi connectivity index (χ1n) is 14.0. The summed E-state index contributed by atoms with van der Waals surface area (Å²) in [5.74, 6) is 0. The van der Waals surface area contributed by atoms with Crippen molar-refractivity contribution in [2.24, 2.45) is 0 Å². The molecule has 0 fully saturated rings. The van der Waals surface area contributed by atoms with Crippen molar-refractivity contribution in [3.63, 3.8) is 0 Å². The van der Waals surface area contributed by atoms with Crippen LogP contribution in [-0.4, -0.2) is 9.97 Å². The van der Waals surface area contributed by atoms with Gasteiger partial charge in [0.15, 0.2) is 0 Å². The highest BCUT2D eigenvalue weighted by Gasteiger charge is 2.15. The van der Waals surface area contributed by atoms with Crippen molar-refractivity contribution >= 4 is 54.9 Å². The fourth-order valence-corrected chi connectivity index (χ4v) is 6.14. The van der Waals surface area contributed by atoms with Crippen molar-refractivity contribution < 1.29 is 8.83 Å². The molecule has 0 aliphatic rings. The molecule has 196 valence electrons. The maximum absolute atomic E-state index is 6.32. The molecule has 0 bridgehead atoms. The minimum Gasteiger partial charge on any atom is -0.455 e. The van der Waals surface area contributed by atoms with Gasteiger partial charge in [-0.3, -0.25) is 0 Å². The van der Waals surface area contributed by atoms with Crippen LogP contribution in [0, 0.1) is 0 Å². The lowest BCUT2D eigenvalue weighted by atomic mass is 9.96. The van der Waals surface area contributed by atoms with Gasteiger partial charge in [0.2, 0.25) is 5.71 Å². The molecule has 9 aromatic rings. The lowest BCUT2D eigenvalue weighted by Gasteiger charge is -2.08. The number of hydrogen-bond donors (Lipinski definition) is 0. The molecule has 3 heterocycles. The molecule has 6 aromatic carbocycles. The highest BCUT2D eigenvalue weighted by Crippen LogP contribution is 2.38. The number of hydrogen-bond acceptors (Lipinski definition) is 4. The monoisotopic (exact) mass is 538 g/mol. The van der Waals surface area contributed by atoms with E-state index in [1.165, 1.54) is 0 Å². The van der Waals surface area contributed by atoms with Crippen LogP contribution in [0.3, 0.4) is 0 Å². The maximum atomic E-state index is 6.32. The quantitative estimate of drug-likeness (QED) is 0.224. The smallest absolute Gasteiger partial charge is 0.246 e. The molecule has 0 saturated heterocycles. The molecule has 0 saturated carbocycles. The first kappa shape index (κ1) is 23.0. The fraction of sp³-hybridized carbons (Fsp3) is 0. The van der Waals surface area contributed by atoms with Crippen LogP contribution in [0.2, 0.25) is 0 Å². The molecule has 4 nitrogen and oxygen atoms in total. The Kier molecular flexibility index (Phi) is 4.87. The van der Waals surface area contributed by atoms with E-state index in [9.17, 15) is 0 Å². The third kappa shape index (κ3) is 3.49. The number of para-hydroxylation sites is 2. The van der Waals surface area contributed by atoms with Gasteiger partial charge in [-0.2, -0.15) is 0 Å². The minimum atomic E-state index is 0.546. The largest absolute Gasteiger partial charge is 0.455 e. The van der Waals surface area contributed by atoms with Gasteiger partial charge in [-0.05, 0) is 51.7 Å². The van der Waals surface area contributed by atoms with E-state index in [2.05, 4.69) is 97.1 Å². The van der Waals surface area contributed by atoms with Crippen molar-refractivity contribution in [1.82, 2.24) is 9.97 Å². The Bertz CT molecular complexity index is 2480. The van der Waals surface area contributed by atoms with Gasteiger partial charge in [-0.25, -0.2) is 9.97 Å². The van der Waals surface area contributed by atoms with Gasteiger partial charge in [-0.15, -0.1) is 0 Å². The number of aromatic nitrogens is 2. The highest BCUT2D eigenvalue weighted by molar-refractivity contribution is 6.17. The number of nitrogens with zero attached hydrogens (tertiary/aromatic N) is 2. The van der Waals surface area contributed by atoms with E-state index in [4.69, 9.17) is 18.8 Å². The zero-order valence-electron chi connectivity index (χ0n) is 22.4. The van der Waals surface area contributed by atoms with Gasteiger partial charge in [-0.1, -0.05) is 103 Å². The summed E-state index contributed by atoms with van der Waals surface area (Å²) in [5.41, 5.74) is 10.1. The summed E-state index contributed by atoms with van der Waals surface area (Å²) in [7, 11) is 0. The van der Waals surface area contributed by atoms with Gasteiger partial charge in [0, 0.05) is 21.9 Å². The standard InChI is InChI=1S/C38H22N2O2/c1-2-13-28-23(8-1)18-19-34-35(28)36-38(42-34)40-32(22-39-36)27-12-6-10-25(21-27)24-9-5-11-26(20-24)29-15-7-16-31-30-14-3-4-17-33(30)41-37(29)31/h1-22H. The SMILES string of the molecule is c1cc(-c2cccc(-c3cccc4c3oc3ccccc34)c2)cc(-c2cnc3c(n2)oc2ccc4ccccc4c23)c1. The second kappa shape index (κ2) is 8.88. The lowest BCUT2D eigenvalue weighted by Crippen LogP contribution is -1.88. The van der Waals surface area contributed by atoms with Gasteiger partial charge in [0.1, 0.15) is 22.3 Å². The number of rotatable bonds is 3. The van der Waals surface area contributed by atoms with Crippen LogP contribution in [0.5, 0.6) is 0 Å². The van der Waals surface area contributed by atoms with Gasteiger partial charge < -0.3 is 8.83 Å². The van der Waals surface area contributed by atoms with E-state index >= 15 is 0 Å². The number of fused-ring (bicyclic) bond motifs is 8. The van der Waals surface area contributed by atoms with Gasteiger partial charge in [0.05, 0.1) is 17.3 Å². The summed E-state index contributed by atoms with van der Waals surface area (Å²) in [6, 6.07) is 43.9. The lowest BCUT2D eigenvalue weighted by molar-refractivity contribution is 0.654. The molecule has 0 N–H and O–H groups in total. The zero-order valence-corrected chi connectivity index (χ0v) is 22.4. The number of furan rings is 2. The average Bonchev–Trinajstić information content (AvgIpc) is 3.63. The Balaban J connectivity index is 1.13. The average molecular weight is 539 g/mol. The Morgan fingerprint density at radius 2 is 1.21 bits per heavy atom. The van der Waals surface area contributed by atoms with E-state index in [1.807, 2.05) is 36.5 Å². The molecule has 42 heavy (non-hydrogen) atoms. The van der Waals surface area contributed by atoms with Crippen molar-refractivity contribution in [1.29, 1.82) is 0 Å². The van der Waals surface area contributed by atoms with E-state index in [0.717, 1.165) is 82.7 Å². The Morgan fingerprint density at radius 1 is 0.500 bits per heavy atom. The topological polar surface area (TPSA) is 52.1 Å². The molecule has 3 aromatic heterocycles. The number of benzene rings is 6. The van der Waals surface area contributed by atoms with Crippen LogP contribution in [0.4, 0.5) is 0 Å². The highest BCUT2D eigenvalue weighted by atomic mass is 16.3. The Labute approximate surface area is 240 Å². The van der Waals surface area contributed by atoms with Crippen molar-refractivity contribution in [3.8, 4) is 33.5 Å². The second-order valence-corrected chi connectivity index (χ2v) is 10.6. The molecule has 9 rings (SSSR count). The van der Waals surface area contributed by atoms with Crippen LogP contribution >= 0.6 is 0 Å². The first-order chi connectivity index (χ1) is 20.8.